The maximum absolute atomic E-state index is 15.3. The van der Waals surface area contributed by atoms with Gasteiger partial charge in [0.2, 0.25) is 0 Å². The van der Waals surface area contributed by atoms with Crippen LogP contribution < -0.4 is 0 Å². The fourth-order valence-electron chi connectivity index (χ4n) is 7.48. The van der Waals surface area contributed by atoms with Crippen LogP contribution in [0.4, 0.5) is 8.78 Å². The van der Waals surface area contributed by atoms with Gasteiger partial charge in [-0.05, 0) is 51.4 Å². The van der Waals surface area contributed by atoms with E-state index >= 15 is 17.9 Å². The molecule has 4 rings (SSSR count). The normalized spacial score (nSPS) is 38.3. The standard InChI is InChI=1S/C25H44F2O2P2/c26-22-15-7-9-17-24(22)30(28,20-11-3-1-4-12-20)19-31(29,21-13-5-2-6-14-21)25-18-10-8-16-23(25)27/h20-25H,1-19H2. The topological polar surface area (TPSA) is 34.1 Å². The van der Waals surface area contributed by atoms with E-state index in [1.807, 2.05) is 0 Å². The summed E-state index contributed by atoms with van der Waals surface area (Å²) in [6, 6.07) is 0. The molecule has 6 unspecified atom stereocenters. The molecule has 2 nitrogen and oxygen atoms in total. The molecule has 0 bridgehead atoms. The van der Waals surface area contributed by atoms with Crippen molar-refractivity contribution in [1.29, 1.82) is 0 Å². The lowest BCUT2D eigenvalue weighted by Crippen LogP contribution is -2.37. The number of alkyl halides is 2. The minimum absolute atomic E-state index is 0.0289. The third kappa shape index (κ3) is 5.21. The number of hydrogen-bond donors (Lipinski definition) is 0. The number of hydrogen-bond acceptors (Lipinski definition) is 2. The minimum atomic E-state index is -3.01. The molecular formula is C25H44F2O2P2. The second-order valence-electron chi connectivity index (χ2n) is 11.2. The Bertz CT molecular complexity index is 616. The molecule has 180 valence electrons. The second-order valence-corrected chi connectivity index (χ2v) is 18.5. The van der Waals surface area contributed by atoms with Crippen LogP contribution in [0.2, 0.25) is 0 Å². The average molecular weight is 477 g/mol. The molecule has 0 aromatic rings. The van der Waals surface area contributed by atoms with Crippen LogP contribution in [-0.4, -0.2) is 40.9 Å². The molecule has 4 fully saturated rings. The summed E-state index contributed by atoms with van der Waals surface area (Å²) in [6.07, 6.45) is 14.1. The van der Waals surface area contributed by atoms with Crippen molar-refractivity contribution in [2.45, 2.75) is 151 Å². The Kier molecular flexibility index (Phi) is 8.45. The van der Waals surface area contributed by atoms with Crippen LogP contribution >= 0.6 is 14.3 Å². The predicted molar refractivity (Wildman–Crippen MR) is 128 cm³/mol. The zero-order valence-electron chi connectivity index (χ0n) is 19.4. The van der Waals surface area contributed by atoms with Gasteiger partial charge in [0.1, 0.15) is 26.6 Å². The van der Waals surface area contributed by atoms with Crippen LogP contribution in [0.1, 0.15) is 116 Å². The lowest BCUT2D eigenvalue weighted by Gasteiger charge is -2.46. The van der Waals surface area contributed by atoms with Gasteiger partial charge in [-0.2, -0.15) is 0 Å². The van der Waals surface area contributed by atoms with Gasteiger partial charge in [0.25, 0.3) is 0 Å². The Balaban J connectivity index is 1.70. The average Bonchev–Trinajstić information content (AvgIpc) is 2.80. The molecule has 4 saturated carbocycles. The first-order chi connectivity index (χ1) is 14.9. The van der Waals surface area contributed by atoms with Crippen molar-refractivity contribution in [3.05, 3.63) is 0 Å². The van der Waals surface area contributed by atoms with Crippen LogP contribution in [0, 0.1) is 0 Å². The third-order valence-corrected chi connectivity index (χ3v) is 19.7. The predicted octanol–water partition coefficient (Wildman–Crippen LogP) is 8.90. The summed E-state index contributed by atoms with van der Waals surface area (Å²) >= 11 is 0. The van der Waals surface area contributed by atoms with Crippen molar-refractivity contribution in [3.8, 4) is 0 Å². The van der Waals surface area contributed by atoms with E-state index in [2.05, 4.69) is 0 Å². The number of halogens is 2. The SMILES string of the molecule is O=P(CP(=O)(C1CCCCC1)C1CCCCC1F)(C1CCCCC1)C1CCCCC1F. The van der Waals surface area contributed by atoms with E-state index in [1.54, 1.807) is 0 Å². The summed E-state index contributed by atoms with van der Waals surface area (Å²) in [7, 11) is -6.02. The molecule has 0 N–H and O–H groups in total. The van der Waals surface area contributed by atoms with Gasteiger partial charge in [0.15, 0.2) is 0 Å². The van der Waals surface area contributed by atoms with Crippen molar-refractivity contribution in [1.82, 2.24) is 0 Å². The van der Waals surface area contributed by atoms with E-state index in [1.165, 1.54) is 0 Å². The maximum atomic E-state index is 15.3. The van der Waals surface area contributed by atoms with E-state index in [0.29, 0.717) is 25.7 Å². The summed E-state index contributed by atoms with van der Waals surface area (Å²) in [4.78, 5) is 0. The molecule has 0 amide bonds. The Labute approximate surface area is 188 Å². The lowest BCUT2D eigenvalue weighted by molar-refractivity contribution is 0.248. The highest BCUT2D eigenvalue weighted by Crippen LogP contribution is 2.75. The molecule has 6 heteroatoms. The Morgan fingerprint density at radius 3 is 1.16 bits per heavy atom. The van der Waals surface area contributed by atoms with E-state index in [9.17, 15) is 0 Å². The molecule has 4 aliphatic carbocycles. The van der Waals surface area contributed by atoms with Gasteiger partial charge in [-0.3, -0.25) is 0 Å². The second kappa shape index (κ2) is 10.7. The summed E-state index contributed by atoms with van der Waals surface area (Å²) in [6.45, 7) is 0. The van der Waals surface area contributed by atoms with Gasteiger partial charge in [0.05, 0.1) is 5.90 Å². The van der Waals surface area contributed by atoms with Crippen LogP contribution in [0.25, 0.3) is 0 Å². The summed E-state index contributed by atoms with van der Waals surface area (Å²) in [5.74, 6) is 0.200. The largest absolute Gasteiger partial charge is 0.322 e. The zero-order chi connectivity index (χ0) is 21.9. The first-order valence-electron chi connectivity index (χ1n) is 13.4. The lowest BCUT2D eigenvalue weighted by atomic mass is 9.98. The third-order valence-electron chi connectivity index (χ3n) is 9.24. The molecule has 0 heterocycles. The first kappa shape index (κ1) is 24.4. The van der Waals surface area contributed by atoms with E-state index in [0.717, 1.165) is 89.9 Å². The van der Waals surface area contributed by atoms with Gasteiger partial charge in [0, 0.05) is 22.6 Å². The Morgan fingerprint density at radius 1 is 0.484 bits per heavy atom. The zero-order valence-corrected chi connectivity index (χ0v) is 21.2. The highest BCUT2D eigenvalue weighted by atomic mass is 31.2. The van der Waals surface area contributed by atoms with Gasteiger partial charge < -0.3 is 9.13 Å². The molecule has 6 atom stereocenters. The fourth-order valence-corrected chi connectivity index (χ4v) is 20.0. The van der Waals surface area contributed by atoms with E-state index in [4.69, 9.17) is 0 Å². The van der Waals surface area contributed by atoms with Crippen LogP contribution in [0.15, 0.2) is 0 Å². The van der Waals surface area contributed by atoms with Crippen molar-refractivity contribution < 1.29 is 17.9 Å². The molecule has 31 heavy (non-hydrogen) atoms. The van der Waals surface area contributed by atoms with Crippen molar-refractivity contribution in [2.24, 2.45) is 0 Å². The molecule has 4 aliphatic rings. The van der Waals surface area contributed by atoms with E-state index in [-0.39, 0.29) is 17.2 Å². The minimum Gasteiger partial charge on any atom is -0.322 e. The monoisotopic (exact) mass is 476 g/mol. The molecule has 0 radical (unpaired) electrons. The van der Waals surface area contributed by atoms with Crippen molar-refractivity contribution in [3.63, 3.8) is 0 Å². The van der Waals surface area contributed by atoms with Gasteiger partial charge in [-0.15, -0.1) is 0 Å². The molecule has 0 saturated heterocycles. The van der Waals surface area contributed by atoms with Gasteiger partial charge in [-0.1, -0.05) is 64.2 Å². The van der Waals surface area contributed by atoms with Crippen molar-refractivity contribution >= 4 is 14.3 Å². The maximum Gasteiger partial charge on any atom is 0.110 e. The molecule has 0 spiro atoms. The van der Waals surface area contributed by atoms with Crippen LogP contribution in [0.3, 0.4) is 0 Å². The van der Waals surface area contributed by atoms with Crippen LogP contribution in [-0.2, 0) is 9.13 Å². The fraction of sp³-hybridized carbons (Fsp3) is 1.00. The molecule has 0 aliphatic heterocycles. The quantitative estimate of drug-likeness (QED) is 0.359. The van der Waals surface area contributed by atoms with Gasteiger partial charge >= 0.3 is 0 Å². The van der Waals surface area contributed by atoms with E-state index < -0.39 is 37.9 Å². The Hall–Kier alpha value is 0.320. The highest BCUT2D eigenvalue weighted by Gasteiger charge is 2.54. The van der Waals surface area contributed by atoms with Crippen molar-refractivity contribution in [2.75, 3.05) is 5.90 Å². The molecule has 0 aromatic heterocycles. The van der Waals surface area contributed by atoms with Gasteiger partial charge in [-0.25, -0.2) is 8.78 Å². The smallest absolute Gasteiger partial charge is 0.110 e. The van der Waals surface area contributed by atoms with Crippen LogP contribution in [0.5, 0.6) is 0 Å². The summed E-state index contributed by atoms with van der Waals surface area (Å²) in [5.41, 5.74) is -0.770. The Morgan fingerprint density at radius 2 is 0.806 bits per heavy atom. The molecular weight excluding hydrogens is 432 g/mol. The molecule has 0 aromatic carbocycles. The highest BCUT2D eigenvalue weighted by molar-refractivity contribution is 7.82. The summed E-state index contributed by atoms with van der Waals surface area (Å²) < 4.78 is 60.6. The summed E-state index contributed by atoms with van der Waals surface area (Å²) in [5, 5.41) is 0. The number of rotatable bonds is 6. The first-order valence-corrected chi connectivity index (χ1v) is 17.5.